The molecule has 24 heavy (non-hydrogen) atoms. The van der Waals surface area contributed by atoms with E-state index in [1.807, 2.05) is 26.8 Å². The van der Waals surface area contributed by atoms with Crippen LogP contribution in [0.25, 0.3) is 0 Å². The number of nitrogens with one attached hydrogen (secondary N) is 1. The zero-order chi connectivity index (χ0) is 17.4. The number of hydrogen-bond acceptors (Lipinski definition) is 5. The molecule has 0 bridgehead atoms. The molecular formula is C18H24N2O4. The van der Waals surface area contributed by atoms with E-state index >= 15 is 0 Å². The van der Waals surface area contributed by atoms with E-state index in [1.165, 1.54) is 0 Å². The number of hydrogen-bond donors (Lipinski definition) is 1. The maximum absolute atomic E-state index is 12.1. The van der Waals surface area contributed by atoms with Crippen LogP contribution in [0.4, 0.5) is 0 Å². The molecule has 0 spiro atoms. The fraction of sp³-hybridized carbons (Fsp3) is 0.444. The highest BCUT2D eigenvalue weighted by Gasteiger charge is 2.11. The van der Waals surface area contributed by atoms with Gasteiger partial charge in [0.05, 0.1) is 11.3 Å². The smallest absolute Gasteiger partial charge is 0.251 e. The van der Waals surface area contributed by atoms with E-state index in [4.69, 9.17) is 14.0 Å². The van der Waals surface area contributed by atoms with Gasteiger partial charge in [-0.05, 0) is 45.4 Å². The van der Waals surface area contributed by atoms with Crippen molar-refractivity contribution in [2.24, 2.45) is 0 Å². The number of carbonyl (C=O) groups excluding carboxylic acids is 1. The van der Waals surface area contributed by atoms with Crippen molar-refractivity contribution < 1.29 is 18.8 Å². The van der Waals surface area contributed by atoms with Crippen molar-refractivity contribution in [3.05, 3.63) is 46.8 Å². The molecule has 0 atom stereocenters. The Morgan fingerprint density at radius 1 is 1.33 bits per heavy atom. The molecular weight excluding hydrogens is 308 g/mol. The minimum Gasteiger partial charge on any atom is -0.489 e. The average molecular weight is 332 g/mol. The second kappa shape index (κ2) is 9.08. The first kappa shape index (κ1) is 18.0. The van der Waals surface area contributed by atoms with Crippen molar-refractivity contribution in [1.82, 2.24) is 10.5 Å². The highest BCUT2D eigenvalue weighted by molar-refractivity contribution is 5.94. The van der Waals surface area contributed by atoms with Crippen molar-refractivity contribution in [1.29, 1.82) is 0 Å². The molecule has 0 aliphatic rings. The Bertz CT molecular complexity index is 647. The Kier molecular flexibility index (Phi) is 6.81. The minimum atomic E-state index is -0.116. The normalized spacial score (nSPS) is 10.6. The van der Waals surface area contributed by atoms with Gasteiger partial charge in [0.15, 0.2) is 0 Å². The van der Waals surface area contributed by atoms with Crippen molar-refractivity contribution in [2.45, 2.75) is 33.8 Å². The molecule has 1 aromatic carbocycles. The van der Waals surface area contributed by atoms with Crippen molar-refractivity contribution >= 4 is 5.91 Å². The summed E-state index contributed by atoms with van der Waals surface area (Å²) < 4.78 is 16.1. The molecule has 1 amide bonds. The number of nitrogens with zero attached hydrogens (tertiary/aromatic N) is 1. The molecule has 0 saturated heterocycles. The van der Waals surface area contributed by atoms with Gasteiger partial charge in [-0.2, -0.15) is 0 Å². The maximum Gasteiger partial charge on any atom is 0.251 e. The van der Waals surface area contributed by atoms with Gasteiger partial charge in [-0.1, -0.05) is 11.2 Å². The fourth-order valence-corrected chi connectivity index (χ4v) is 2.21. The molecule has 1 N–H and O–H groups in total. The number of carbonyl (C=O) groups is 1. The third kappa shape index (κ3) is 5.09. The second-order valence-corrected chi connectivity index (χ2v) is 5.43. The summed E-state index contributed by atoms with van der Waals surface area (Å²) in [6.45, 7) is 7.97. The predicted octanol–water partition coefficient (Wildman–Crippen LogP) is 3.03. The fourth-order valence-electron chi connectivity index (χ4n) is 2.21. The monoisotopic (exact) mass is 332 g/mol. The lowest BCUT2D eigenvalue weighted by atomic mass is 10.2. The van der Waals surface area contributed by atoms with Crippen LogP contribution in [0.3, 0.4) is 0 Å². The Balaban J connectivity index is 1.87. The van der Waals surface area contributed by atoms with Crippen LogP contribution < -0.4 is 10.1 Å². The first-order chi connectivity index (χ1) is 11.6. The highest BCUT2D eigenvalue weighted by Crippen LogP contribution is 2.18. The molecule has 0 radical (unpaired) electrons. The third-order valence-electron chi connectivity index (χ3n) is 3.62. The highest BCUT2D eigenvalue weighted by atomic mass is 16.5. The summed E-state index contributed by atoms with van der Waals surface area (Å²) in [5, 5.41) is 6.77. The van der Waals surface area contributed by atoms with Gasteiger partial charge in [0.25, 0.3) is 5.91 Å². The minimum absolute atomic E-state index is 0.116. The molecule has 6 nitrogen and oxygen atoms in total. The number of aromatic nitrogens is 1. The van der Waals surface area contributed by atoms with Crippen LogP contribution in [0.5, 0.6) is 5.75 Å². The summed E-state index contributed by atoms with van der Waals surface area (Å²) >= 11 is 0. The van der Waals surface area contributed by atoms with Gasteiger partial charge in [-0.15, -0.1) is 0 Å². The van der Waals surface area contributed by atoms with E-state index in [-0.39, 0.29) is 5.91 Å². The predicted molar refractivity (Wildman–Crippen MR) is 90.2 cm³/mol. The molecule has 0 aliphatic carbocycles. The summed E-state index contributed by atoms with van der Waals surface area (Å²) in [6, 6.07) is 7.12. The standard InChI is InChI=1S/C18H24N2O4/c1-4-22-10-6-9-19-18(21)15-7-5-8-16(11-15)23-12-17-13(2)20-24-14(17)3/h5,7-8,11H,4,6,9-10,12H2,1-3H3,(H,19,21). The van der Waals surface area contributed by atoms with Gasteiger partial charge >= 0.3 is 0 Å². The van der Waals surface area contributed by atoms with Gasteiger partial charge in [0.2, 0.25) is 0 Å². The molecule has 0 unspecified atom stereocenters. The molecule has 0 fully saturated rings. The average Bonchev–Trinajstić information content (AvgIpc) is 2.91. The van der Waals surface area contributed by atoms with Crippen LogP contribution >= 0.6 is 0 Å². The Labute approximate surface area is 142 Å². The summed E-state index contributed by atoms with van der Waals surface area (Å²) in [7, 11) is 0. The Morgan fingerprint density at radius 2 is 2.17 bits per heavy atom. The van der Waals surface area contributed by atoms with Crippen LogP contribution in [0.15, 0.2) is 28.8 Å². The number of benzene rings is 1. The SMILES string of the molecule is CCOCCCNC(=O)c1cccc(OCc2c(C)noc2C)c1. The number of aryl methyl sites for hydroxylation is 2. The van der Waals surface area contributed by atoms with E-state index < -0.39 is 0 Å². The first-order valence-electron chi connectivity index (χ1n) is 8.12. The zero-order valence-electron chi connectivity index (χ0n) is 14.4. The van der Waals surface area contributed by atoms with Gasteiger partial charge in [-0.3, -0.25) is 4.79 Å². The summed E-state index contributed by atoms with van der Waals surface area (Å²) in [4.78, 5) is 12.1. The summed E-state index contributed by atoms with van der Waals surface area (Å²) in [5.74, 6) is 1.27. The van der Waals surface area contributed by atoms with Crippen LogP contribution in [0, 0.1) is 13.8 Å². The van der Waals surface area contributed by atoms with E-state index in [1.54, 1.807) is 18.2 Å². The van der Waals surface area contributed by atoms with E-state index in [0.29, 0.717) is 37.7 Å². The van der Waals surface area contributed by atoms with Crippen LogP contribution in [-0.4, -0.2) is 30.8 Å². The largest absolute Gasteiger partial charge is 0.489 e. The van der Waals surface area contributed by atoms with Crippen LogP contribution in [0.2, 0.25) is 0 Å². The maximum atomic E-state index is 12.1. The van der Waals surface area contributed by atoms with Crippen molar-refractivity contribution in [2.75, 3.05) is 19.8 Å². The second-order valence-electron chi connectivity index (χ2n) is 5.43. The number of ether oxygens (including phenoxy) is 2. The molecule has 1 aromatic heterocycles. The topological polar surface area (TPSA) is 73.6 Å². The summed E-state index contributed by atoms with van der Waals surface area (Å²) in [6.07, 6.45) is 0.793. The van der Waals surface area contributed by atoms with Gasteiger partial charge in [0.1, 0.15) is 18.1 Å². The third-order valence-corrected chi connectivity index (χ3v) is 3.62. The number of rotatable bonds is 9. The van der Waals surface area contributed by atoms with E-state index in [2.05, 4.69) is 10.5 Å². The zero-order valence-corrected chi connectivity index (χ0v) is 14.4. The van der Waals surface area contributed by atoms with E-state index in [9.17, 15) is 4.79 Å². The molecule has 0 saturated carbocycles. The summed E-state index contributed by atoms with van der Waals surface area (Å²) in [5.41, 5.74) is 2.32. The van der Waals surface area contributed by atoms with Crippen LogP contribution in [0.1, 0.15) is 40.7 Å². The van der Waals surface area contributed by atoms with Crippen molar-refractivity contribution in [3.8, 4) is 5.75 Å². The lowest BCUT2D eigenvalue weighted by molar-refractivity contribution is 0.0943. The molecule has 130 valence electrons. The Hall–Kier alpha value is -2.34. The Morgan fingerprint density at radius 3 is 2.88 bits per heavy atom. The first-order valence-corrected chi connectivity index (χ1v) is 8.12. The molecule has 0 aliphatic heterocycles. The lowest BCUT2D eigenvalue weighted by Gasteiger charge is -2.09. The molecule has 1 heterocycles. The van der Waals surface area contributed by atoms with Gasteiger partial charge in [0, 0.05) is 25.3 Å². The van der Waals surface area contributed by atoms with Crippen LogP contribution in [-0.2, 0) is 11.3 Å². The van der Waals surface area contributed by atoms with E-state index in [0.717, 1.165) is 23.4 Å². The molecule has 2 rings (SSSR count). The molecule has 6 heteroatoms. The van der Waals surface area contributed by atoms with Crippen molar-refractivity contribution in [3.63, 3.8) is 0 Å². The molecule has 2 aromatic rings. The lowest BCUT2D eigenvalue weighted by Crippen LogP contribution is -2.25. The number of amides is 1. The van der Waals surface area contributed by atoms with Gasteiger partial charge < -0.3 is 19.3 Å². The van der Waals surface area contributed by atoms with Gasteiger partial charge in [-0.25, -0.2) is 0 Å². The quantitative estimate of drug-likeness (QED) is 0.715.